The quantitative estimate of drug-likeness (QED) is 0.531. The van der Waals surface area contributed by atoms with E-state index in [9.17, 15) is 13.2 Å². The predicted molar refractivity (Wildman–Crippen MR) is 125 cm³/mol. The van der Waals surface area contributed by atoms with E-state index in [1.54, 1.807) is 12.3 Å². The molecule has 1 fully saturated rings. The van der Waals surface area contributed by atoms with E-state index in [2.05, 4.69) is 9.71 Å². The molecule has 0 saturated heterocycles. The molecule has 8 nitrogen and oxygen atoms in total. The van der Waals surface area contributed by atoms with Crippen LogP contribution < -0.4 is 14.2 Å². The largest absolute Gasteiger partial charge is 0.493 e. The first kappa shape index (κ1) is 23.1. The van der Waals surface area contributed by atoms with E-state index in [4.69, 9.17) is 9.47 Å². The van der Waals surface area contributed by atoms with Gasteiger partial charge in [-0.15, -0.1) is 0 Å². The second-order valence-electron chi connectivity index (χ2n) is 9.37. The molecule has 1 aliphatic carbocycles. The van der Waals surface area contributed by atoms with Crippen LogP contribution >= 0.6 is 0 Å². The van der Waals surface area contributed by atoms with Crippen molar-refractivity contribution in [3.8, 4) is 11.5 Å². The fraction of sp³-hybridized carbons (Fsp3) is 0.417. The van der Waals surface area contributed by atoms with Crippen molar-refractivity contribution < 1.29 is 22.7 Å². The first-order valence-electron chi connectivity index (χ1n) is 11.0. The summed E-state index contributed by atoms with van der Waals surface area (Å²) in [5.41, 5.74) is 1.66. The number of nitrogens with one attached hydrogen (secondary N) is 1. The molecule has 0 unspecified atom stereocenters. The SMILES string of the molecule is C[C@@H](Oc1ccc(C(=O)NS(=O)(=O)C(C)(C)C)n2cncc12)c1cccc(OCC2CC2)c1. The van der Waals surface area contributed by atoms with Crippen molar-refractivity contribution in [1.82, 2.24) is 14.1 Å². The number of amides is 1. The Balaban J connectivity index is 1.53. The lowest BCUT2D eigenvalue weighted by atomic mass is 10.1. The van der Waals surface area contributed by atoms with Gasteiger partial charge in [-0.25, -0.2) is 18.1 Å². The van der Waals surface area contributed by atoms with Crippen LogP contribution in [-0.2, 0) is 10.0 Å². The van der Waals surface area contributed by atoms with Crippen LogP contribution in [0.15, 0.2) is 48.9 Å². The maximum Gasteiger partial charge on any atom is 0.281 e. The number of aromatic nitrogens is 2. The lowest BCUT2D eigenvalue weighted by Crippen LogP contribution is -2.43. The van der Waals surface area contributed by atoms with Crippen LogP contribution in [0, 0.1) is 5.92 Å². The molecule has 0 spiro atoms. The van der Waals surface area contributed by atoms with Gasteiger partial charge in [-0.1, -0.05) is 12.1 Å². The summed E-state index contributed by atoms with van der Waals surface area (Å²) in [5.74, 6) is 1.29. The maximum atomic E-state index is 12.7. The number of pyridine rings is 1. The van der Waals surface area contributed by atoms with Crippen molar-refractivity contribution in [3.05, 3.63) is 60.2 Å². The zero-order valence-corrected chi connectivity index (χ0v) is 20.1. The van der Waals surface area contributed by atoms with Crippen molar-refractivity contribution in [2.24, 2.45) is 5.92 Å². The summed E-state index contributed by atoms with van der Waals surface area (Å²) in [5, 5.41) is 0. The zero-order valence-electron chi connectivity index (χ0n) is 19.2. The zero-order chi connectivity index (χ0) is 23.8. The van der Waals surface area contributed by atoms with E-state index in [1.165, 1.54) is 50.4 Å². The topological polar surface area (TPSA) is 99.0 Å². The van der Waals surface area contributed by atoms with Crippen molar-refractivity contribution in [2.75, 3.05) is 6.61 Å². The lowest BCUT2D eigenvalue weighted by molar-refractivity contribution is 0.0974. The highest BCUT2D eigenvalue weighted by Gasteiger charge is 2.31. The van der Waals surface area contributed by atoms with E-state index in [-0.39, 0.29) is 11.8 Å². The smallest absolute Gasteiger partial charge is 0.281 e. The van der Waals surface area contributed by atoms with E-state index in [0.717, 1.165) is 17.9 Å². The predicted octanol–water partition coefficient (Wildman–Crippen LogP) is 4.12. The van der Waals surface area contributed by atoms with E-state index >= 15 is 0 Å². The Morgan fingerprint density at radius 2 is 2.00 bits per heavy atom. The molecule has 33 heavy (non-hydrogen) atoms. The molecule has 1 aliphatic rings. The number of hydrogen-bond donors (Lipinski definition) is 1. The van der Waals surface area contributed by atoms with Gasteiger partial charge in [0.15, 0.2) is 0 Å². The molecule has 2 heterocycles. The summed E-state index contributed by atoms with van der Waals surface area (Å²) >= 11 is 0. The Labute approximate surface area is 194 Å². The number of imidazole rings is 1. The number of fused-ring (bicyclic) bond motifs is 1. The number of sulfonamides is 1. The molecular formula is C24H29N3O5S. The van der Waals surface area contributed by atoms with Gasteiger partial charge >= 0.3 is 0 Å². The molecule has 1 atom stereocenters. The average Bonchev–Trinajstić information content (AvgIpc) is 3.45. The monoisotopic (exact) mass is 471 g/mol. The molecule has 0 radical (unpaired) electrons. The second kappa shape index (κ2) is 8.70. The molecule has 1 aromatic carbocycles. The highest BCUT2D eigenvalue weighted by Crippen LogP contribution is 2.31. The van der Waals surface area contributed by atoms with Crippen molar-refractivity contribution in [3.63, 3.8) is 0 Å². The van der Waals surface area contributed by atoms with Crippen LogP contribution in [0.2, 0.25) is 0 Å². The number of carbonyl (C=O) groups excluding carboxylic acids is 1. The lowest BCUT2D eigenvalue weighted by Gasteiger charge is -2.20. The van der Waals surface area contributed by atoms with E-state index in [1.807, 2.05) is 31.2 Å². The van der Waals surface area contributed by atoms with Gasteiger partial charge in [-0.05, 0) is 76.3 Å². The van der Waals surface area contributed by atoms with Gasteiger partial charge < -0.3 is 9.47 Å². The van der Waals surface area contributed by atoms with E-state index in [0.29, 0.717) is 17.2 Å². The van der Waals surface area contributed by atoms with Gasteiger partial charge in [0.25, 0.3) is 5.91 Å². The number of benzene rings is 1. The summed E-state index contributed by atoms with van der Waals surface area (Å²) in [4.78, 5) is 16.9. The first-order valence-corrected chi connectivity index (χ1v) is 12.4. The van der Waals surface area contributed by atoms with Gasteiger partial charge in [-0.3, -0.25) is 9.20 Å². The molecule has 2 aromatic heterocycles. The van der Waals surface area contributed by atoms with Crippen molar-refractivity contribution in [1.29, 1.82) is 0 Å². The summed E-state index contributed by atoms with van der Waals surface area (Å²) in [6.45, 7) is 7.26. The molecule has 0 bridgehead atoms. The minimum Gasteiger partial charge on any atom is -0.493 e. The molecule has 1 saturated carbocycles. The number of carbonyl (C=O) groups is 1. The average molecular weight is 472 g/mol. The second-order valence-corrected chi connectivity index (χ2v) is 11.8. The van der Waals surface area contributed by atoms with Gasteiger partial charge in [-0.2, -0.15) is 0 Å². The number of hydrogen-bond acceptors (Lipinski definition) is 6. The van der Waals surface area contributed by atoms with Crippen molar-refractivity contribution >= 4 is 21.4 Å². The van der Waals surface area contributed by atoms with Gasteiger partial charge in [0, 0.05) is 0 Å². The molecule has 4 rings (SSSR count). The molecule has 3 aromatic rings. The fourth-order valence-electron chi connectivity index (χ4n) is 3.22. The first-order chi connectivity index (χ1) is 15.5. The highest BCUT2D eigenvalue weighted by atomic mass is 32.2. The van der Waals surface area contributed by atoms with Gasteiger partial charge in [0.2, 0.25) is 10.0 Å². The maximum absolute atomic E-state index is 12.7. The molecule has 9 heteroatoms. The Morgan fingerprint density at radius 3 is 2.70 bits per heavy atom. The Morgan fingerprint density at radius 1 is 1.24 bits per heavy atom. The molecular weight excluding hydrogens is 442 g/mol. The van der Waals surface area contributed by atoms with Gasteiger partial charge in [0.1, 0.15) is 28.8 Å². The molecule has 176 valence electrons. The van der Waals surface area contributed by atoms with Crippen LogP contribution in [0.25, 0.3) is 5.52 Å². The molecule has 1 amide bonds. The fourth-order valence-corrected chi connectivity index (χ4v) is 3.87. The minimum atomic E-state index is -3.85. The summed E-state index contributed by atoms with van der Waals surface area (Å²) in [6, 6.07) is 11.0. The van der Waals surface area contributed by atoms with E-state index < -0.39 is 20.7 Å². The third kappa shape index (κ3) is 5.13. The third-order valence-corrected chi connectivity index (χ3v) is 7.69. The Hall–Kier alpha value is -3.07. The normalized spacial score (nSPS) is 15.3. The molecule has 1 N–H and O–H groups in total. The standard InChI is InChI=1S/C24H29N3O5S/c1-16(18-6-5-7-19(12-18)31-14-17-8-9-17)32-22-11-10-20(27-15-25-13-21(22)27)23(28)26-33(29,30)24(2,3)4/h5-7,10-13,15-17H,8-9,14H2,1-4H3,(H,26,28)/t16-/m1/s1. The van der Waals surface area contributed by atoms with Crippen LogP contribution in [0.5, 0.6) is 11.5 Å². The summed E-state index contributed by atoms with van der Waals surface area (Å²) in [7, 11) is -3.85. The van der Waals surface area contributed by atoms with Crippen LogP contribution in [-0.4, -0.2) is 35.1 Å². The summed E-state index contributed by atoms with van der Waals surface area (Å²) < 4.78 is 39.4. The Bertz CT molecular complexity index is 1270. The van der Waals surface area contributed by atoms with Crippen LogP contribution in [0.4, 0.5) is 0 Å². The van der Waals surface area contributed by atoms with Crippen LogP contribution in [0.1, 0.15) is 62.7 Å². The third-order valence-electron chi connectivity index (χ3n) is 5.62. The Kier molecular flexibility index (Phi) is 6.09. The highest BCUT2D eigenvalue weighted by molar-refractivity contribution is 7.91. The number of nitrogens with zero attached hydrogens (tertiary/aromatic N) is 2. The number of rotatable bonds is 8. The van der Waals surface area contributed by atoms with Crippen molar-refractivity contribution in [2.45, 2.75) is 51.4 Å². The molecule has 0 aliphatic heterocycles. The van der Waals surface area contributed by atoms with Crippen LogP contribution in [0.3, 0.4) is 0 Å². The number of ether oxygens (including phenoxy) is 2. The van der Waals surface area contributed by atoms with Gasteiger partial charge in [0.05, 0.1) is 23.9 Å². The minimum absolute atomic E-state index is 0.144. The summed E-state index contributed by atoms with van der Waals surface area (Å²) in [6.07, 6.45) is 5.21.